The second kappa shape index (κ2) is 32.7. The first-order chi connectivity index (χ1) is 42.4. The number of carbonyl (C=O) groups excluding carboxylic acids is 10. The molecule has 482 valence electrons. The fourth-order valence-electron chi connectivity index (χ4n) is 10.8. The fraction of sp³-hybridized carbons (Fsp3) is 0.385. The molecule has 0 radical (unpaired) electrons. The summed E-state index contributed by atoms with van der Waals surface area (Å²) >= 11 is 0. The second-order valence-corrected chi connectivity index (χ2v) is 21.8. The lowest BCUT2D eigenvalue weighted by Crippen LogP contribution is -2.37. The molecule has 25 heteroatoms. The van der Waals surface area contributed by atoms with Crippen LogP contribution in [0.4, 0.5) is 24.0 Å². The smallest absolute Gasteiger partial charge is 0.432 e. The van der Waals surface area contributed by atoms with Gasteiger partial charge in [-0.25, -0.2) is 72.8 Å². The Morgan fingerprint density at radius 3 is 0.633 bits per heavy atom. The molecule has 0 aliphatic heterocycles. The molecule has 0 saturated carbocycles. The van der Waals surface area contributed by atoms with E-state index in [-0.39, 0.29) is 27.8 Å². The standard InChI is InChI=1S/C65H72O25/c1-33-20-38(6)51(39(7)21-33)56(66)81-86-61(71)76-18-16-48(30-78-63(73)88-83-58(68)53-42(10)24-35(3)25-43(53)11)50(32-80-65(75)90-85-60(70)55-46(14)28-37(5)29-47(55)15)49(31-79-64(74)89-84-59(69)54-44(12)26-36(4)27-45(54)13)17-19-77-62(72)87-82-57(67)52-40(8)22-34(2)23-41(52)9/h20-29,48-50H,16-19,30-32H2,1-15H3. The van der Waals surface area contributed by atoms with Gasteiger partial charge >= 0.3 is 60.6 Å². The zero-order chi connectivity index (χ0) is 66.7. The average Bonchev–Trinajstić information content (AvgIpc) is 2.25. The molecule has 5 aromatic carbocycles. The molecule has 0 N–H and O–H groups in total. The summed E-state index contributed by atoms with van der Waals surface area (Å²) in [6.45, 7) is 21.6. The van der Waals surface area contributed by atoms with Crippen LogP contribution < -0.4 is 0 Å². The van der Waals surface area contributed by atoms with Crippen molar-refractivity contribution in [3.63, 3.8) is 0 Å². The van der Waals surface area contributed by atoms with Crippen molar-refractivity contribution in [2.24, 2.45) is 17.8 Å². The molecule has 5 rings (SSSR count). The SMILES string of the molecule is Cc1cc(C)c(C(=O)OOC(=O)OCCC(COC(=O)OOC(=O)c2c(C)cc(C)cc2C)C(COC(=O)OOC(=O)c2c(C)cc(C)cc2C)C(CCOC(=O)OOC(=O)c2c(C)cc(C)cc2C)COC(=O)OOC(=O)c2c(C)cc(C)cc2C)c(C)c1. The fourth-order valence-corrected chi connectivity index (χ4v) is 10.8. The molecular formula is C65H72O25. The van der Waals surface area contributed by atoms with Crippen LogP contribution >= 0.6 is 0 Å². The minimum atomic E-state index is -1.63. The molecule has 0 aliphatic carbocycles. The summed E-state index contributed by atoms with van der Waals surface area (Å²) in [6.07, 6.45) is -8.80. The number of hydrogen-bond acceptors (Lipinski definition) is 25. The topological polar surface area (TPSA) is 309 Å². The van der Waals surface area contributed by atoms with Gasteiger partial charge in [0.2, 0.25) is 0 Å². The first kappa shape index (κ1) is 70.6. The highest BCUT2D eigenvalue weighted by atomic mass is 17.3. The molecule has 0 saturated heterocycles. The van der Waals surface area contributed by atoms with Crippen molar-refractivity contribution in [1.29, 1.82) is 0 Å². The van der Waals surface area contributed by atoms with E-state index in [1.165, 1.54) is 0 Å². The molecule has 0 fully saturated rings. The van der Waals surface area contributed by atoms with Gasteiger partial charge in [-0.1, -0.05) is 88.5 Å². The van der Waals surface area contributed by atoms with E-state index in [1.54, 1.807) is 137 Å². The molecule has 90 heavy (non-hydrogen) atoms. The quantitative estimate of drug-likeness (QED) is 0.0321. The van der Waals surface area contributed by atoms with Gasteiger partial charge in [0, 0.05) is 17.8 Å². The largest absolute Gasteiger partial charge is 0.549 e. The third kappa shape index (κ3) is 20.4. The highest BCUT2D eigenvalue weighted by molar-refractivity contribution is 5.95. The van der Waals surface area contributed by atoms with Gasteiger partial charge < -0.3 is 23.7 Å². The van der Waals surface area contributed by atoms with E-state index in [1.807, 2.05) is 27.7 Å². The zero-order valence-corrected chi connectivity index (χ0v) is 52.7. The Labute approximate surface area is 518 Å². The van der Waals surface area contributed by atoms with E-state index in [4.69, 9.17) is 62.8 Å². The van der Waals surface area contributed by atoms with Gasteiger partial charge in [-0.05, 0) is 172 Å². The Bertz CT molecular complexity index is 3240. The van der Waals surface area contributed by atoms with Crippen LogP contribution in [0.3, 0.4) is 0 Å². The molecule has 5 aromatic rings. The lowest BCUT2D eigenvalue weighted by Gasteiger charge is -2.32. The van der Waals surface area contributed by atoms with E-state index < -0.39 is 124 Å². The number of benzene rings is 5. The highest BCUT2D eigenvalue weighted by Gasteiger charge is 2.36. The monoisotopic (exact) mass is 1250 g/mol. The predicted molar refractivity (Wildman–Crippen MR) is 312 cm³/mol. The van der Waals surface area contributed by atoms with Crippen LogP contribution in [0.25, 0.3) is 0 Å². The highest BCUT2D eigenvalue weighted by Crippen LogP contribution is 2.31. The van der Waals surface area contributed by atoms with Crippen molar-refractivity contribution in [2.75, 3.05) is 33.0 Å². The van der Waals surface area contributed by atoms with Crippen LogP contribution in [0, 0.1) is 122 Å². The first-order valence-corrected chi connectivity index (χ1v) is 28.1. The maximum Gasteiger partial charge on any atom is 0.549 e. The summed E-state index contributed by atoms with van der Waals surface area (Å²) in [4.78, 5) is 180. The van der Waals surface area contributed by atoms with E-state index in [0.29, 0.717) is 55.6 Å². The van der Waals surface area contributed by atoms with Crippen LogP contribution in [0.5, 0.6) is 0 Å². The minimum absolute atomic E-state index is 0.0754. The number of hydrogen-bond donors (Lipinski definition) is 0. The van der Waals surface area contributed by atoms with Gasteiger partial charge in [-0.15, -0.1) is 0 Å². The van der Waals surface area contributed by atoms with Crippen LogP contribution in [-0.4, -0.2) is 93.7 Å². The number of ether oxygens (including phenoxy) is 5. The molecule has 0 aliphatic rings. The third-order valence-corrected chi connectivity index (χ3v) is 14.2. The lowest BCUT2D eigenvalue weighted by atomic mass is 9.79. The Kier molecular flexibility index (Phi) is 25.6. The van der Waals surface area contributed by atoms with Crippen molar-refractivity contribution in [3.8, 4) is 0 Å². The normalized spacial score (nSPS) is 11.7. The summed E-state index contributed by atoms with van der Waals surface area (Å²) in [5, 5.41) is 0. The van der Waals surface area contributed by atoms with E-state index >= 15 is 0 Å². The molecule has 0 bridgehead atoms. The van der Waals surface area contributed by atoms with Gasteiger partial charge in [0.05, 0.1) is 60.9 Å². The summed E-state index contributed by atoms with van der Waals surface area (Å²) in [6, 6.07) is 17.0. The van der Waals surface area contributed by atoms with Gasteiger partial charge in [0.25, 0.3) is 0 Å². The molecule has 0 spiro atoms. The molecule has 0 aromatic heterocycles. The van der Waals surface area contributed by atoms with Crippen LogP contribution in [-0.2, 0) is 72.6 Å². The predicted octanol–water partition coefficient (Wildman–Crippen LogP) is 12.9. The Hall–Kier alpha value is -10.2. The first-order valence-electron chi connectivity index (χ1n) is 28.1. The Balaban J connectivity index is 1.47. The summed E-state index contributed by atoms with van der Waals surface area (Å²) in [5.41, 5.74) is 9.72. The van der Waals surface area contributed by atoms with Gasteiger partial charge in [0.15, 0.2) is 0 Å². The van der Waals surface area contributed by atoms with E-state index in [0.717, 1.165) is 27.8 Å². The minimum Gasteiger partial charge on any atom is -0.432 e. The number of rotatable bonds is 19. The maximum atomic E-state index is 13.4. The van der Waals surface area contributed by atoms with Crippen LogP contribution in [0.1, 0.15) is 148 Å². The molecule has 2 atom stereocenters. The van der Waals surface area contributed by atoms with Crippen molar-refractivity contribution in [2.45, 2.75) is 117 Å². The molecule has 0 heterocycles. The zero-order valence-electron chi connectivity index (χ0n) is 52.7. The van der Waals surface area contributed by atoms with Crippen LogP contribution in [0.2, 0.25) is 0 Å². The van der Waals surface area contributed by atoms with E-state index in [2.05, 4.69) is 9.78 Å². The molecule has 25 nitrogen and oxygen atoms in total. The summed E-state index contributed by atoms with van der Waals surface area (Å²) < 4.78 is 26.9. The summed E-state index contributed by atoms with van der Waals surface area (Å²) in [7, 11) is 0. The maximum absolute atomic E-state index is 13.4. The summed E-state index contributed by atoms with van der Waals surface area (Å²) in [5.74, 6) is -9.30. The molecule has 0 amide bonds. The van der Waals surface area contributed by atoms with Crippen molar-refractivity contribution >= 4 is 60.6 Å². The van der Waals surface area contributed by atoms with Crippen molar-refractivity contribution < 1.29 is 121 Å². The van der Waals surface area contributed by atoms with Gasteiger partial charge in [0.1, 0.15) is 0 Å². The lowest BCUT2D eigenvalue weighted by molar-refractivity contribution is -0.210. The number of aryl methyl sites for hydroxylation is 15. The van der Waals surface area contributed by atoms with Gasteiger partial charge in [-0.2, -0.15) is 24.0 Å². The van der Waals surface area contributed by atoms with Crippen LogP contribution in [0.15, 0.2) is 60.7 Å². The van der Waals surface area contributed by atoms with Gasteiger partial charge in [-0.3, -0.25) is 0 Å². The molecular weight excluding hydrogens is 1180 g/mol. The average molecular weight is 1250 g/mol. The molecule has 2 unspecified atom stereocenters. The second-order valence-electron chi connectivity index (χ2n) is 21.8. The number of carbonyl (C=O) groups is 10. The Morgan fingerprint density at radius 2 is 0.433 bits per heavy atom. The van der Waals surface area contributed by atoms with Crippen molar-refractivity contribution in [1.82, 2.24) is 0 Å². The Morgan fingerprint density at radius 1 is 0.256 bits per heavy atom. The third-order valence-electron chi connectivity index (χ3n) is 14.2. The van der Waals surface area contributed by atoms with Crippen molar-refractivity contribution in [3.05, 3.63) is 172 Å². The van der Waals surface area contributed by atoms with E-state index in [9.17, 15) is 47.9 Å².